The van der Waals surface area contributed by atoms with Crippen molar-refractivity contribution >= 4 is 16.5 Å². The van der Waals surface area contributed by atoms with Crippen molar-refractivity contribution in [1.82, 2.24) is 4.98 Å². The molecule has 0 amide bonds. The quantitative estimate of drug-likeness (QED) is 0.525. The summed E-state index contributed by atoms with van der Waals surface area (Å²) in [5.74, 6) is 1.32. The Morgan fingerprint density at radius 2 is 1.86 bits per heavy atom. The number of hydrogen-bond donors (Lipinski definition) is 0. The zero-order chi connectivity index (χ0) is 15.7. The summed E-state index contributed by atoms with van der Waals surface area (Å²) in [6, 6.07) is 10.6. The molecule has 1 aromatic heterocycles. The van der Waals surface area contributed by atoms with Crippen molar-refractivity contribution in [2.45, 2.75) is 13.8 Å². The molecular weight excluding hydrogens is 280 g/mol. The van der Waals surface area contributed by atoms with Crippen molar-refractivity contribution in [3.05, 3.63) is 70.0 Å². The second kappa shape index (κ2) is 5.44. The molecule has 0 N–H and O–H groups in total. The van der Waals surface area contributed by atoms with Crippen molar-refractivity contribution < 1.29 is 9.66 Å². The highest BCUT2D eigenvalue weighted by molar-refractivity contribution is 5.94. The normalized spacial score (nSPS) is 10.6. The Labute approximate surface area is 127 Å². The Morgan fingerprint density at radius 3 is 2.64 bits per heavy atom. The van der Waals surface area contributed by atoms with Crippen LogP contribution in [0.15, 0.2) is 48.8 Å². The molecule has 0 radical (unpaired) electrons. The average Bonchev–Trinajstić information content (AvgIpc) is 2.51. The van der Waals surface area contributed by atoms with Gasteiger partial charge in [0, 0.05) is 23.8 Å². The molecule has 5 heteroatoms. The first-order valence-electron chi connectivity index (χ1n) is 6.83. The van der Waals surface area contributed by atoms with Gasteiger partial charge in [-0.3, -0.25) is 15.1 Å². The maximum atomic E-state index is 11.1. The first-order valence-corrected chi connectivity index (χ1v) is 6.83. The predicted molar refractivity (Wildman–Crippen MR) is 84.4 cm³/mol. The number of aryl methyl sites for hydroxylation is 1. The fourth-order valence-corrected chi connectivity index (χ4v) is 2.35. The molecule has 2 aromatic carbocycles. The van der Waals surface area contributed by atoms with E-state index in [1.165, 1.54) is 12.3 Å². The van der Waals surface area contributed by atoms with Gasteiger partial charge in [0.2, 0.25) is 0 Å². The molecule has 0 aliphatic heterocycles. The van der Waals surface area contributed by atoms with Crippen LogP contribution in [0.25, 0.3) is 10.8 Å². The van der Waals surface area contributed by atoms with Gasteiger partial charge in [0.05, 0.1) is 10.3 Å². The number of pyridine rings is 1. The lowest BCUT2D eigenvalue weighted by atomic mass is 10.1. The zero-order valence-electron chi connectivity index (χ0n) is 12.2. The summed E-state index contributed by atoms with van der Waals surface area (Å²) in [6.45, 7) is 4.00. The van der Waals surface area contributed by atoms with Crippen LogP contribution in [0.1, 0.15) is 11.1 Å². The maximum Gasteiger partial charge on any atom is 0.279 e. The topological polar surface area (TPSA) is 65.3 Å². The first kappa shape index (κ1) is 14.0. The summed E-state index contributed by atoms with van der Waals surface area (Å²) in [5.41, 5.74) is 2.20. The highest BCUT2D eigenvalue weighted by atomic mass is 16.6. The van der Waals surface area contributed by atoms with Gasteiger partial charge in [0.1, 0.15) is 11.5 Å². The van der Waals surface area contributed by atoms with Crippen molar-refractivity contribution in [1.29, 1.82) is 0 Å². The van der Waals surface area contributed by atoms with Gasteiger partial charge in [-0.1, -0.05) is 12.1 Å². The molecule has 22 heavy (non-hydrogen) atoms. The van der Waals surface area contributed by atoms with Crippen LogP contribution >= 0.6 is 0 Å². The van der Waals surface area contributed by atoms with E-state index in [1.807, 2.05) is 32.0 Å². The minimum Gasteiger partial charge on any atom is -0.456 e. The molecule has 0 unspecified atom stereocenters. The number of nitro benzene ring substituents is 1. The fraction of sp³-hybridized carbons (Fsp3) is 0.118. The molecule has 110 valence electrons. The Balaban J connectivity index is 2.14. The summed E-state index contributed by atoms with van der Waals surface area (Å²) in [5, 5.41) is 12.3. The summed E-state index contributed by atoms with van der Waals surface area (Å²) in [7, 11) is 0. The van der Waals surface area contributed by atoms with E-state index in [9.17, 15) is 10.1 Å². The second-order valence-electron chi connectivity index (χ2n) is 5.06. The fourth-order valence-electron chi connectivity index (χ4n) is 2.35. The molecule has 5 nitrogen and oxygen atoms in total. The monoisotopic (exact) mass is 294 g/mol. The van der Waals surface area contributed by atoms with Crippen molar-refractivity contribution in [2.24, 2.45) is 0 Å². The Morgan fingerprint density at radius 1 is 1.05 bits per heavy atom. The molecule has 0 saturated carbocycles. The number of benzene rings is 2. The van der Waals surface area contributed by atoms with E-state index in [2.05, 4.69) is 4.98 Å². The van der Waals surface area contributed by atoms with Crippen molar-refractivity contribution in [2.75, 3.05) is 0 Å². The van der Waals surface area contributed by atoms with Crippen LogP contribution in [-0.2, 0) is 0 Å². The van der Waals surface area contributed by atoms with Gasteiger partial charge >= 0.3 is 0 Å². The molecule has 3 aromatic rings. The number of ether oxygens (including phenoxy) is 1. The van der Waals surface area contributed by atoms with Crippen LogP contribution < -0.4 is 4.74 Å². The summed E-state index contributed by atoms with van der Waals surface area (Å²) in [6.07, 6.45) is 3.09. The molecule has 0 aliphatic rings. The Bertz CT molecular complexity index is 875. The number of fused-ring (bicyclic) bond motifs is 1. The number of nitrogens with zero attached hydrogens (tertiary/aromatic N) is 2. The Kier molecular flexibility index (Phi) is 3.47. The van der Waals surface area contributed by atoms with Gasteiger partial charge in [0.15, 0.2) is 0 Å². The lowest BCUT2D eigenvalue weighted by molar-refractivity contribution is -0.383. The number of rotatable bonds is 3. The number of nitro groups is 1. The zero-order valence-corrected chi connectivity index (χ0v) is 12.2. The van der Waals surface area contributed by atoms with Gasteiger partial charge in [-0.05, 0) is 43.2 Å². The third-order valence-electron chi connectivity index (χ3n) is 3.73. The van der Waals surface area contributed by atoms with Crippen molar-refractivity contribution in [3.63, 3.8) is 0 Å². The van der Waals surface area contributed by atoms with Gasteiger partial charge in [-0.15, -0.1) is 0 Å². The van der Waals surface area contributed by atoms with Gasteiger partial charge < -0.3 is 4.74 Å². The van der Waals surface area contributed by atoms with E-state index in [0.717, 1.165) is 16.9 Å². The molecule has 0 bridgehead atoms. The van der Waals surface area contributed by atoms with E-state index in [1.54, 1.807) is 18.3 Å². The van der Waals surface area contributed by atoms with Crippen molar-refractivity contribution in [3.8, 4) is 11.5 Å². The summed E-state index contributed by atoms with van der Waals surface area (Å²) < 4.78 is 5.99. The van der Waals surface area contributed by atoms with E-state index < -0.39 is 4.92 Å². The first-order chi connectivity index (χ1) is 10.6. The third kappa shape index (κ3) is 2.37. The van der Waals surface area contributed by atoms with Crippen LogP contribution in [-0.4, -0.2) is 9.91 Å². The molecule has 1 heterocycles. The lowest BCUT2D eigenvalue weighted by Gasteiger charge is -2.12. The molecule has 0 saturated heterocycles. The van der Waals surface area contributed by atoms with Crippen LogP contribution in [0.3, 0.4) is 0 Å². The molecule has 3 rings (SSSR count). The molecule has 0 aliphatic carbocycles. The predicted octanol–water partition coefficient (Wildman–Crippen LogP) is 4.55. The highest BCUT2D eigenvalue weighted by Crippen LogP contribution is 2.36. The Hall–Kier alpha value is -2.95. The second-order valence-corrected chi connectivity index (χ2v) is 5.06. The largest absolute Gasteiger partial charge is 0.456 e. The number of non-ortho nitro benzene ring substituents is 1. The van der Waals surface area contributed by atoms with E-state index in [4.69, 9.17) is 4.74 Å². The number of aromatic nitrogens is 1. The van der Waals surface area contributed by atoms with Gasteiger partial charge in [-0.25, -0.2) is 0 Å². The molecular formula is C17H14N2O3. The van der Waals surface area contributed by atoms with E-state index in [-0.39, 0.29) is 5.69 Å². The maximum absolute atomic E-state index is 11.1. The highest BCUT2D eigenvalue weighted by Gasteiger charge is 2.16. The smallest absolute Gasteiger partial charge is 0.279 e. The van der Waals surface area contributed by atoms with E-state index >= 15 is 0 Å². The summed E-state index contributed by atoms with van der Waals surface area (Å²) in [4.78, 5) is 14.7. The average molecular weight is 294 g/mol. The van der Waals surface area contributed by atoms with Crippen LogP contribution in [0.5, 0.6) is 11.5 Å². The van der Waals surface area contributed by atoms with Gasteiger partial charge in [-0.2, -0.15) is 0 Å². The SMILES string of the molecule is Cc1cccc(Oc2ccc([N+](=O)[O-])c3cnccc23)c1C. The lowest BCUT2D eigenvalue weighted by Crippen LogP contribution is -1.94. The van der Waals surface area contributed by atoms with E-state index in [0.29, 0.717) is 16.5 Å². The molecule has 0 spiro atoms. The molecule has 0 fully saturated rings. The molecule has 0 atom stereocenters. The van der Waals surface area contributed by atoms with Crippen LogP contribution in [0.2, 0.25) is 0 Å². The van der Waals surface area contributed by atoms with Gasteiger partial charge in [0.25, 0.3) is 5.69 Å². The third-order valence-corrected chi connectivity index (χ3v) is 3.73. The minimum atomic E-state index is -0.411. The standard InChI is InChI=1S/C17H14N2O3/c1-11-4-3-5-16(12(11)2)22-17-7-6-15(19(20)21)14-10-18-9-8-13(14)17/h3-10H,1-2H3. The van der Waals surface area contributed by atoms with Crippen LogP contribution in [0, 0.1) is 24.0 Å². The minimum absolute atomic E-state index is 0.0245. The number of hydrogen-bond acceptors (Lipinski definition) is 4. The summed E-state index contributed by atoms with van der Waals surface area (Å²) >= 11 is 0. The van der Waals surface area contributed by atoms with Crippen LogP contribution in [0.4, 0.5) is 5.69 Å².